The molecule has 1 aliphatic rings. The van der Waals surface area contributed by atoms with E-state index in [1.165, 1.54) is 12.0 Å². The number of rotatable bonds is 1. The van der Waals surface area contributed by atoms with Gasteiger partial charge in [-0.3, -0.25) is 0 Å². The predicted octanol–water partition coefficient (Wildman–Crippen LogP) is 2.21. The van der Waals surface area contributed by atoms with Crippen molar-refractivity contribution in [2.24, 2.45) is 5.73 Å². The summed E-state index contributed by atoms with van der Waals surface area (Å²) >= 11 is 0. The maximum Gasteiger partial charge on any atom is 0.0828 e. The van der Waals surface area contributed by atoms with Gasteiger partial charge in [-0.1, -0.05) is 18.2 Å². The molecule has 1 aromatic heterocycles. The molecule has 0 saturated heterocycles. The summed E-state index contributed by atoms with van der Waals surface area (Å²) in [7, 11) is 0. The number of nitrogens with two attached hydrogens (primary N) is 1. The molecule has 0 aliphatic heterocycles. The Kier molecular flexibility index (Phi) is 2.26. The number of nitrogens with zero attached hydrogens (tertiary/aromatic N) is 2. The molecule has 16 heavy (non-hydrogen) atoms. The molecule has 0 saturated carbocycles. The zero-order chi connectivity index (χ0) is 11.0. The molecule has 1 atom stereocenters. The fraction of sp³-hybridized carbons (Fsp3) is 0.308. The molecular weight excluding hydrogens is 198 g/mol. The first-order valence-electron chi connectivity index (χ1n) is 5.74. The van der Waals surface area contributed by atoms with Gasteiger partial charge in [-0.2, -0.15) is 5.10 Å². The van der Waals surface area contributed by atoms with Crippen molar-refractivity contribution in [2.45, 2.75) is 25.3 Å². The van der Waals surface area contributed by atoms with Gasteiger partial charge in [0, 0.05) is 12.2 Å². The molecule has 0 radical (unpaired) electrons. The van der Waals surface area contributed by atoms with Crippen molar-refractivity contribution in [3.8, 4) is 5.69 Å². The van der Waals surface area contributed by atoms with Crippen LogP contribution in [-0.4, -0.2) is 9.78 Å². The van der Waals surface area contributed by atoms with Crippen LogP contribution in [0.2, 0.25) is 0 Å². The fourth-order valence-electron chi connectivity index (χ4n) is 2.29. The van der Waals surface area contributed by atoms with Gasteiger partial charge in [-0.05, 0) is 37.0 Å². The van der Waals surface area contributed by atoms with Gasteiger partial charge in [0.15, 0.2) is 0 Å². The van der Waals surface area contributed by atoms with Gasteiger partial charge >= 0.3 is 0 Å². The summed E-state index contributed by atoms with van der Waals surface area (Å²) in [4.78, 5) is 0. The minimum atomic E-state index is 0.119. The molecule has 2 aromatic rings. The molecule has 3 nitrogen and oxygen atoms in total. The lowest BCUT2D eigenvalue weighted by Crippen LogP contribution is -2.17. The van der Waals surface area contributed by atoms with Crippen molar-refractivity contribution < 1.29 is 0 Å². The quantitative estimate of drug-likeness (QED) is 0.789. The van der Waals surface area contributed by atoms with Crippen LogP contribution in [0.5, 0.6) is 0 Å². The topological polar surface area (TPSA) is 43.8 Å². The summed E-state index contributed by atoms with van der Waals surface area (Å²) in [6.07, 6.45) is 5.45. The first kappa shape index (κ1) is 9.60. The number of hydrogen-bond donors (Lipinski definition) is 1. The van der Waals surface area contributed by atoms with E-state index in [1.54, 1.807) is 0 Å². The summed E-state index contributed by atoms with van der Waals surface area (Å²) in [6, 6.07) is 10.3. The van der Waals surface area contributed by atoms with Crippen LogP contribution in [0.25, 0.3) is 5.69 Å². The van der Waals surface area contributed by atoms with Crippen LogP contribution >= 0.6 is 0 Å². The summed E-state index contributed by atoms with van der Waals surface area (Å²) in [5, 5.41) is 4.59. The average molecular weight is 213 g/mol. The third kappa shape index (κ3) is 1.53. The van der Waals surface area contributed by atoms with E-state index in [0.29, 0.717) is 0 Å². The maximum atomic E-state index is 6.06. The monoisotopic (exact) mass is 213 g/mol. The highest BCUT2D eigenvalue weighted by molar-refractivity contribution is 5.34. The molecule has 3 rings (SSSR count). The Morgan fingerprint density at radius 1 is 1.25 bits per heavy atom. The first-order chi connectivity index (χ1) is 7.84. The number of hydrogen-bond acceptors (Lipinski definition) is 2. The van der Waals surface area contributed by atoms with Gasteiger partial charge in [0.2, 0.25) is 0 Å². The zero-order valence-electron chi connectivity index (χ0n) is 9.13. The van der Waals surface area contributed by atoms with Crippen LogP contribution in [0, 0.1) is 0 Å². The normalized spacial score (nSPS) is 19.4. The Labute approximate surface area is 94.9 Å². The molecule has 2 N–H and O–H groups in total. The first-order valence-corrected chi connectivity index (χ1v) is 5.74. The Morgan fingerprint density at radius 3 is 2.81 bits per heavy atom. The zero-order valence-corrected chi connectivity index (χ0v) is 9.13. The van der Waals surface area contributed by atoms with E-state index in [1.807, 2.05) is 22.9 Å². The molecule has 1 unspecified atom stereocenters. The van der Waals surface area contributed by atoms with E-state index >= 15 is 0 Å². The predicted molar refractivity (Wildman–Crippen MR) is 63.4 cm³/mol. The average Bonchev–Trinajstić information content (AvgIpc) is 2.76. The van der Waals surface area contributed by atoms with E-state index in [2.05, 4.69) is 23.4 Å². The van der Waals surface area contributed by atoms with E-state index in [0.717, 1.165) is 24.2 Å². The Morgan fingerprint density at radius 2 is 2.06 bits per heavy atom. The molecule has 1 aliphatic carbocycles. The van der Waals surface area contributed by atoms with E-state index in [9.17, 15) is 0 Å². The summed E-state index contributed by atoms with van der Waals surface area (Å²) in [6.45, 7) is 0. The lowest BCUT2D eigenvalue weighted by atomic mass is 9.95. The van der Waals surface area contributed by atoms with Gasteiger partial charge in [0.05, 0.1) is 11.4 Å². The third-order valence-corrected chi connectivity index (χ3v) is 3.16. The third-order valence-electron chi connectivity index (χ3n) is 3.16. The highest BCUT2D eigenvalue weighted by Gasteiger charge is 2.20. The van der Waals surface area contributed by atoms with Gasteiger partial charge < -0.3 is 5.73 Å². The molecule has 3 heteroatoms. The molecule has 0 spiro atoms. The molecule has 1 heterocycles. The van der Waals surface area contributed by atoms with Crippen LogP contribution in [0.4, 0.5) is 0 Å². The molecule has 1 aromatic carbocycles. The van der Waals surface area contributed by atoms with Crippen LogP contribution in [-0.2, 0) is 6.42 Å². The Hall–Kier alpha value is -1.61. The van der Waals surface area contributed by atoms with Crippen LogP contribution in [0.1, 0.15) is 30.1 Å². The van der Waals surface area contributed by atoms with Crippen molar-refractivity contribution in [1.29, 1.82) is 0 Å². The SMILES string of the molecule is NC1CCCc2cn(-c3ccccc3)nc21. The largest absolute Gasteiger partial charge is 0.323 e. The second-order valence-electron chi connectivity index (χ2n) is 4.32. The van der Waals surface area contributed by atoms with Gasteiger partial charge in [0.1, 0.15) is 0 Å². The second-order valence-corrected chi connectivity index (χ2v) is 4.32. The number of fused-ring (bicyclic) bond motifs is 1. The van der Waals surface area contributed by atoms with Crippen molar-refractivity contribution in [3.63, 3.8) is 0 Å². The minimum Gasteiger partial charge on any atom is -0.323 e. The van der Waals surface area contributed by atoms with Crippen molar-refractivity contribution in [3.05, 3.63) is 47.8 Å². The Bertz CT molecular complexity index is 487. The number of benzene rings is 1. The van der Waals surface area contributed by atoms with Crippen LogP contribution in [0.15, 0.2) is 36.5 Å². The lowest BCUT2D eigenvalue weighted by molar-refractivity contribution is 0.556. The summed E-state index contributed by atoms with van der Waals surface area (Å²) in [5.41, 5.74) is 9.55. The van der Waals surface area contributed by atoms with Crippen molar-refractivity contribution >= 4 is 0 Å². The number of para-hydroxylation sites is 1. The molecular formula is C13H15N3. The second kappa shape index (κ2) is 3.76. The van der Waals surface area contributed by atoms with Crippen LogP contribution in [0.3, 0.4) is 0 Å². The highest BCUT2D eigenvalue weighted by atomic mass is 15.3. The summed E-state index contributed by atoms with van der Waals surface area (Å²) < 4.78 is 1.94. The van der Waals surface area contributed by atoms with Gasteiger partial charge in [-0.15, -0.1) is 0 Å². The van der Waals surface area contributed by atoms with Crippen molar-refractivity contribution in [2.75, 3.05) is 0 Å². The number of aromatic nitrogens is 2. The van der Waals surface area contributed by atoms with Gasteiger partial charge in [-0.25, -0.2) is 4.68 Å². The fourth-order valence-corrected chi connectivity index (χ4v) is 2.29. The van der Waals surface area contributed by atoms with E-state index in [-0.39, 0.29) is 6.04 Å². The molecule has 0 amide bonds. The smallest absolute Gasteiger partial charge is 0.0828 e. The number of aryl methyl sites for hydroxylation is 1. The maximum absolute atomic E-state index is 6.06. The van der Waals surface area contributed by atoms with E-state index in [4.69, 9.17) is 5.73 Å². The van der Waals surface area contributed by atoms with Crippen molar-refractivity contribution in [1.82, 2.24) is 9.78 Å². The highest BCUT2D eigenvalue weighted by Crippen LogP contribution is 2.27. The minimum absolute atomic E-state index is 0.119. The van der Waals surface area contributed by atoms with Crippen LogP contribution < -0.4 is 5.73 Å². The standard InChI is InChI=1S/C13H15N3/c14-12-8-4-5-10-9-16(15-13(10)12)11-6-2-1-3-7-11/h1-3,6-7,9,12H,4-5,8,14H2. The van der Waals surface area contributed by atoms with Gasteiger partial charge in [0.25, 0.3) is 0 Å². The summed E-state index contributed by atoms with van der Waals surface area (Å²) in [5.74, 6) is 0. The Balaban J connectivity index is 2.05. The molecule has 82 valence electrons. The van der Waals surface area contributed by atoms with E-state index < -0.39 is 0 Å². The molecule has 0 bridgehead atoms. The molecule has 0 fully saturated rings. The lowest BCUT2D eigenvalue weighted by Gasteiger charge is -2.15.